The molecule has 0 rings (SSSR count). The molecule has 0 aromatic carbocycles. The zero-order valence-electron chi connectivity index (χ0n) is 21.1. The lowest BCUT2D eigenvalue weighted by atomic mass is 10.1. The maximum atomic E-state index is 12.5. The summed E-state index contributed by atoms with van der Waals surface area (Å²) in [5.74, 6) is 0. The van der Waals surface area contributed by atoms with Gasteiger partial charge in [0.15, 0.2) is 0 Å². The Balaban J connectivity index is 4.11. The lowest BCUT2D eigenvalue weighted by molar-refractivity contribution is 0.149. The second kappa shape index (κ2) is 16.3. The van der Waals surface area contributed by atoms with E-state index in [4.69, 9.17) is 0 Å². The molecule has 4 amide bonds. The summed E-state index contributed by atoms with van der Waals surface area (Å²) in [6, 6.07) is 1.15. The highest BCUT2D eigenvalue weighted by Gasteiger charge is 2.24. The van der Waals surface area contributed by atoms with Crippen LogP contribution in [0.4, 0.5) is 9.59 Å². The Morgan fingerprint density at radius 2 is 0.833 bits per heavy atom. The van der Waals surface area contributed by atoms with Gasteiger partial charge in [0.25, 0.3) is 0 Å². The average Bonchev–Trinajstić information content (AvgIpc) is 2.74. The van der Waals surface area contributed by atoms with Gasteiger partial charge < -0.3 is 20.4 Å². The van der Waals surface area contributed by atoms with Crippen molar-refractivity contribution in [1.29, 1.82) is 0 Å². The van der Waals surface area contributed by atoms with Gasteiger partial charge in [0.2, 0.25) is 0 Å². The van der Waals surface area contributed by atoms with E-state index < -0.39 is 0 Å². The Labute approximate surface area is 186 Å². The fraction of sp³-hybridized carbons (Fsp3) is 0.917. The standard InChI is InChI=1S/C24H50N4O2/c1-9-19(5)27(20(6)10-2)23(29)25-17-15-13-14-16-18-26-24(30)28(21(7)11-3)22(8)12-4/h19-22H,9-18H2,1-8H3,(H,25,29)(H,26,30)/t19-,20-,21-,22-/m0/s1. The van der Waals surface area contributed by atoms with Crippen molar-refractivity contribution in [3.63, 3.8) is 0 Å². The third-order valence-electron chi connectivity index (χ3n) is 6.39. The monoisotopic (exact) mass is 426 g/mol. The van der Waals surface area contributed by atoms with Crippen molar-refractivity contribution >= 4 is 12.1 Å². The molecule has 0 spiro atoms. The molecule has 0 aliphatic carbocycles. The number of urea groups is 2. The molecule has 0 aliphatic rings. The Morgan fingerprint density at radius 1 is 0.567 bits per heavy atom. The summed E-state index contributed by atoms with van der Waals surface area (Å²) in [5.41, 5.74) is 0. The largest absolute Gasteiger partial charge is 0.338 e. The Morgan fingerprint density at radius 3 is 1.07 bits per heavy atom. The molecule has 0 saturated heterocycles. The van der Waals surface area contributed by atoms with E-state index in [2.05, 4.69) is 66.0 Å². The molecular formula is C24H50N4O2. The van der Waals surface area contributed by atoms with Gasteiger partial charge in [-0.2, -0.15) is 0 Å². The highest BCUT2D eigenvalue weighted by atomic mass is 16.2. The summed E-state index contributed by atoms with van der Waals surface area (Å²) in [7, 11) is 0. The first kappa shape index (κ1) is 28.5. The van der Waals surface area contributed by atoms with E-state index in [1.165, 1.54) is 0 Å². The first-order chi connectivity index (χ1) is 14.2. The highest BCUT2D eigenvalue weighted by Crippen LogP contribution is 2.13. The average molecular weight is 427 g/mol. The van der Waals surface area contributed by atoms with Crippen molar-refractivity contribution < 1.29 is 9.59 Å². The lowest BCUT2D eigenvalue weighted by Crippen LogP contribution is -2.49. The summed E-state index contributed by atoms with van der Waals surface area (Å²) in [5, 5.41) is 6.17. The predicted molar refractivity (Wildman–Crippen MR) is 128 cm³/mol. The summed E-state index contributed by atoms with van der Waals surface area (Å²) in [4.78, 5) is 29.0. The molecule has 2 N–H and O–H groups in total. The van der Waals surface area contributed by atoms with E-state index in [1.54, 1.807) is 0 Å². The molecule has 30 heavy (non-hydrogen) atoms. The van der Waals surface area contributed by atoms with Crippen LogP contribution in [0.1, 0.15) is 107 Å². The van der Waals surface area contributed by atoms with Crippen LogP contribution in [0.15, 0.2) is 0 Å². The molecule has 178 valence electrons. The number of hydrogen-bond donors (Lipinski definition) is 2. The molecule has 0 heterocycles. The molecule has 0 fully saturated rings. The van der Waals surface area contributed by atoms with Gasteiger partial charge in [0.1, 0.15) is 0 Å². The minimum atomic E-state index is 0.0566. The van der Waals surface area contributed by atoms with E-state index in [0.29, 0.717) is 13.1 Å². The van der Waals surface area contributed by atoms with E-state index in [1.807, 2.05) is 9.80 Å². The number of rotatable bonds is 15. The highest BCUT2D eigenvalue weighted by molar-refractivity contribution is 5.75. The van der Waals surface area contributed by atoms with Crippen LogP contribution in [0.25, 0.3) is 0 Å². The topological polar surface area (TPSA) is 64.7 Å². The number of amides is 4. The van der Waals surface area contributed by atoms with Crippen molar-refractivity contribution in [2.75, 3.05) is 13.1 Å². The maximum absolute atomic E-state index is 12.5. The van der Waals surface area contributed by atoms with Gasteiger partial charge in [0.05, 0.1) is 0 Å². The van der Waals surface area contributed by atoms with Crippen molar-refractivity contribution in [3.05, 3.63) is 0 Å². The third kappa shape index (κ3) is 10.0. The third-order valence-corrected chi connectivity index (χ3v) is 6.39. The smallest absolute Gasteiger partial charge is 0.317 e. The minimum Gasteiger partial charge on any atom is -0.338 e. The zero-order chi connectivity index (χ0) is 23.1. The van der Waals surface area contributed by atoms with Crippen LogP contribution in [-0.2, 0) is 0 Å². The number of carbonyl (C=O) groups excluding carboxylic acids is 2. The Kier molecular flexibility index (Phi) is 15.5. The molecule has 0 aromatic heterocycles. The fourth-order valence-corrected chi connectivity index (χ4v) is 3.63. The fourth-order valence-electron chi connectivity index (χ4n) is 3.63. The molecule has 0 aliphatic heterocycles. The molecule has 4 atom stereocenters. The summed E-state index contributed by atoms with van der Waals surface area (Å²) >= 11 is 0. The SMILES string of the molecule is CC[C@H](C)N(C(=O)NCCCCCCNC(=O)N([C@@H](C)CC)[C@@H](C)CC)[C@@H](C)CC. The Bertz CT molecular complexity index is 410. The summed E-state index contributed by atoms with van der Waals surface area (Å²) < 4.78 is 0. The molecular weight excluding hydrogens is 376 g/mol. The second-order valence-electron chi connectivity index (χ2n) is 8.72. The van der Waals surface area contributed by atoms with Crippen LogP contribution >= 0.6 is 0 Å². The van der Waals surface area contributed by atoms with Crippen molar-refractivity contribution in [2.45, 2.75) is 131 Å². The van der Waals surface area contributed by atoms with E-state index in [9.17, 15) is 9.59 Å². The van der Waals surface area contributed by atoms with Gasteiger partial charge in [-0.3, -0.25) is 0 Å². The van der Waals surface area contributed by atoms with Crippen LogP contribution < -0.4 is 10.6 Å². The lowest BCUT2D eigenvalue weighted by Gasteiger charge is -2.34. The number of carbonyl (C=O) groups is 2. The number of nitrogens with zero attached hydrogens (tertiary/aromatic N) is 2. The molecule has 6 nitrogen and oxygen atoms in total. The van der Waals surface area contributed by atoms with Gasteiger partial charge in [-0.15, -0.1) is 0 Å². The van der Waals surface area contributed by atoms with Crippen molar-refractivity contribution in [1.82, 2.24) is 20.4 Å². The van der Waals surface area contributed by atoms with E-state index in [-0.39, 0.29) is 36.2 Å². The van der Waals surface area contributed by atoms with Crippen LogP contribution in [-0.4, -0.2) is 59.1 Å². The minimum absolute atomic E-state index is 0.0566. The quantitative estimate of drug-likeness (QED) is 0.327. The number of nitrogens with one attached hydrogen (secondary N) is 2. The summed E-state index contributed by atoms with van der Waals surface area (Å²) in [6.45, 7) is 18.4. The van der Waals surface area contributed by atoms with Gasteiger partial charge in [-0.05, 0) is 66.2 Å². The van der Waals surface area contributed by atoms with Gasteiger partial charge in [-0.1, -0.05) is 40.5 Å². The molecule has 0 aromatic rings. The van der Waals surface area contributed by atoms with Gasteiger partial charge >= 0.3 is 12.1 Å². The predicted octanol–water partition coefficient (Wildman–Crippen LogP) is 5.76. The first-order valence-electron chi connectivity index (χ1n) is 12.4. The van der Waals surface area contributed by atoms with E-state index in [0.717, 1.165) is 51.4 Å². The van der Waals surface area contributed by atoms with E-state index >= 15 is 0 Å². The normalized spacial score (nSPS) is 15.1. The van der Waals surface area contributed by atoms with Crippen LogP contribution in [0.3, 0.4) is 0 Å². The zero-order valence-corrected chi connectivity index (χ0v) is 21.1. The summed E-state index contributed by atoms with van der Waals surface area (Å²) in [6.07, 6.45) is 7.93. The maximum Gasteiger partial charge on any atom is 0.317 e. The van der Waals surface area contributed by atoms with Gasteiger partial charge in [-0.25, -0.2) is 9.59 Å². The first-order valence-corrected chi connectivity index (χ1v) is 12.4. The Hall–Kier alpha value is -1.46. The van der Waals surface area contributed by atoms with Crippen molar-refractivity contribution in [3.8, 4) is 0 Å². The van der Waals surface area contributed by atoms with Crippen LogP contribution in [0, 0.1) is 0 Å². The number of hydrogen-bond acceptors (Lipinski definition) is 2. The molecule has 0 bridgehead atoms. The van der Waals surface area contributed by atoms with Crippen molar-refractivity contribution in [2.24, 2.45) is 0 Å². The number of unbranched alkanes of at least 4 members (excludes halogenated alkanes) is 3. The molecule has 6 heteroatoms. The second-order valence-corrected chi connectivity index (χ2v) is 8.72. The van der Waals surface area contributed by atoms with Crippen LogP contribution in [0.2, 0.25) is 0 Å². The molecule has 0 radical (unpaired) electrons. The molecule has 0 unspecified atom stereocenters. The van der Waals surface area contributed by atoms with Crippen LogP contribution in [0.5, 0.6) is 0 Å². The van der Waals surface area contributed by atoms with Gasteiger partial charge in [0, 0.05) is 37.3 Å². The molecule has 0 saturated carbocycles.